The van der Waals surface area contributed by atoms with E-state index in [0.717, 1.165) is 18.4 Å². The molecule has 0 aliphatic carbocycles. The van der Waals surface area contributed by atoms with E-state index in [1.54, 1.807) is 7.05 Å². The Morgan fingerprint density at radius 3 is 2.24 bits per heavy atom. The molecule has 0 spiro atoms. The molecule has 0 aliphatic heterocycles. The first kappa shape index (κ1) is 21.3. The van der Waals surface area contributed by atoms with Gasteiger partial charge in [0.05, 0.1) is 12.1 Å². The van der Waals surface area contributed by atoms with Crippen LogP contribution in [-0.2, 0) is 16.0 Å². The van der Waals surface area contributed by atoms with Crippen molar-refractivity contribution in [2.24, 2.45) is 11.1 Å². The number of unbranched alkanes of at least 4 members (excludes halogenated alkanes) is 1. The van der Waals surface area contributed by atoms with Gasteiger partial charge >= 0.3 is 0 Å². The molecule has 0 heterocycles. The number of rotatable bonds is 10. The molecule has 0 saturated heterocycles. The summed E-state index contributed by atoms with van der Waals surface area (Å²) in [6, 6.07) is 9.02. The van der Waals surface area contributed by atoms with Crippen LogP contribution in [0.1, 0.15) is 45.6 Å². The second-order valence-electron chi connectivity index (χ2n) is 7.49. The average molecular weight is 348 g/mol. The average Bonchev–Trinajstić information content (AvgIpc) is 2.58. The first-order valence-electron chi connectivity index (χ1n) is 9.05. The van der Waals surface area contributed by atoms with Crippen molar-refractivity contribution in [1.82, 2.24) is 10.6 Å². The number of benzene rings is 1. The zero-order valence-corrected chi connectivity index (χ0v) is 16.0. The monoisotopic (exact) mass is 347 g/mol. The minimum atomic E-state index is -0.491. The van der Waals surface area contributed by atoms with Crippen molar-refractivity contribution in [2.75, 3.05) is 13.6 Å². The molecule has 5 nitrogen and oxygen atoms in total. The van der Waals surface area contributed by atoms with Crippen LogP contribution in [0.5, 0.6) is 0 Å². The highest BCUT2D eigenvalue weighted by Crippen LogP contribution is 2.19. The van der Waals surface area contributed by atoms with Crippen LogP contribution in [0, 0.1) is 5.41 Å². The van der Waals surface area contributed by atoms with Crippen molar-refractivity contribution < 1.29 is 9.59 Å². The van der Waals surface area contributed by atoms with Crippen LogP contribution in [0.4, 0.5) is 0 Å². The highest BCUT2D eigenvalue weighted by atomic mass is 16.2. The highest BCUT2D eigenvalue weighted by molar-refractivity contribution is 5.93. The molecule has 1 aromatic carbocycles. The van der Waals surface area contributed by atoms with Crippen molar-refractivity contribution in [1.29, 1.82) is 0 Å². The Morgan fingerprint density at radius 1 is 1.08 bits per heavy atom. The Kier molecular flexibility index (Phi) is 8.79. The van der Waals surface area contributed by atoms with Crippen LogP contribution >= 0.6 is 0 Å². The Morgan fingerprint density at radius 2 is 1.72 bits per heavy atom. The maximum absolute atomic E-state index is 12.7. The van der Waals surface area contributed by atoms with Crippen molar-refractivity contribution >= 4 is 11.7 Å². The van der Waals surface area contributed by atoms with Gasteiger partial charge in [-0.05, 0) is 44.8 Å². The van der Waals surface area contributed by atoms with Crippen LogP contribution in [0.25, 0.3) is 0 Å². The molecule has 2 atom stereocenters. The van der Waals surface area contributed by atoms with Gasteiger partial charge in [0.1, 0.15) is 0 Å². The number of nitrogens with one attached hydrogen (secondary N) is 2. The molecule has 0 bridgehead atoms. The summed E-state index contributed by atoms with van der Waals surface area (Å²) >= 11 is 0. The van der Waals surface area contributed by atoms with Crippen LogP contribution < -0.4 is 16.4 Å². The minimum absolute atomic E-state index is 0.0624. The van der Waals surface area contributed by atoms with Gasteiger partial charge in [-0.1, -0.05) is 51.1 Å². The number of carbonyl (C=O) groups excluding carboxylic acids is 2. The third kappa shape index (κ3) is 7.36. The normalized spacial score (nSPS) is 14.0. The fourth-order valence-electron chi connectivity index (χ4n) is 2.73. The van der Waals surface area contributed by atoms with Gasteiger partial charge in [-0.15, -0.1) is 0 Å². The summed E-state index contributed by atoms with van der Waals surface area (Å²) in [5.74, 6) is -0.0749. The summed E-state index contributed by atoms with van der Waals surface area (Å²) in [5.41, 5.74) is 6.14. The molecule has 1 rings (SSSR count). The first-order valence-corrected chi connectivity index (χ1v) is 9.05. The van der Waals surface area contributed by atoms with Gasteiger partial charge in [0.2, 0.25) is 5.91 Å². The van der Waals surface area contributed by atoms with E-state index in [1.807, 2.05) is 51.1 Å². The number of hydrogen-bond donors (Lipinski definition) is 3. The van der Waals surface area contributed by atoms with E-state index in [1.165, 1.54) is 0 Å². The molecular weight excluding hydrogens is 314 g/mol. The van der Waals surface area contributed by atoms with Gasteiger partial charge in [-0.25, -0.2) is 0 Å². The SMILES string of the molecule is CNC(Cc1ccccc1)C(=O)NC(CCCCN)C(=O)C(C)(C)C. The fraction of sp³-hybridized carbons (Fsp3) is 0.600. The molecule has 2 unspecified atom stereocenters. The lowest BCUT2D eigenvalue weighted by molar-refractivity contribution is -0.133. The molecule has 0 aromatic heterocycles. The van der Waals surface area contributed by atoms with Crippen LogP contribution in [0.2, 0.25) is 0 Å². The van der Waals surface area contributed by atoms with E-state index >= 15 is 0 Å². The van der Waals surface area contributed by atoms with E-state index < -0.39 is 11.5 Å². The number of amides is 1. The largest absolute Gasteiger partial charge is 0.345 e. The molecule has 5 heteroatoms. The van der Waals surface area contributed by atoms with Gasteiger partial charge in [-0.3, -0.25) is 9.59 Å². The maximum atomic E-state index is 12.7. The Balaban J connectivity index is 2.78. The zero-order chi connectivity index (χ0) is 18.9. The molecular formula is C20H33N3O2. The second-order valence-corrected chi connectivity index (χ2v) is 7.49. The van der Waals surface area contributed by atoms with Crippen molar-refractivity contribution in [3.8, 4) is 0 Å². The third-order valence-electron chi connectivity index (χ3n) is 4.27. The van der Waals surface area contributed by atoms with Crippen LogP contribution in [0.15, 0.2) is 30.3 Å². The number of nitrogens with two attached hydrogens (primary N) is 1. The molecule has 4 N–H and O–H groups in total. The molecule has 0 radical (unpaired) electrons. The quantitative estimate of drug-likeness (QED) is 0.566. The maximum Gasteiger partial charge on any atom is 0.238 e. The Labute approximate surface area is 151 Å². The summed E-state index contributed by atoms with van der Waals surface area (Å²) in [7, 11) is 1.77. The van der Waals surface area contributed by atoms with Gasteiger partial charge in [0, 0.05) is 5.41 Å². The standard InChI is InChI=1S/C20H33N3O2/c1-20(2,3)18(24)16(12-8-9-13-21)23-19(25)17(22-4)14-15-10-6-5-7-11-15/h5-7,10-11,16-17,22H,8-9,12-14,21H2,1-4H3,(H,23,25). The lowest BCUT2D eigenvalue weighted by Gasteiger charge is -2.27. The fourth-order valence-corrected chi connectivity index (χ4v) is 2.73. The number of ketones is 1. The molecule has 0 aliphatic rings. The van der Waals surface area contributed by atoms with Crippen molar-refractivity contribution in [3.63, 3.8) is 0 Å². The van der Waals surface area contributed by atoms with E-state index in [2.05, 4.69) is 10.6 Å². The Bertz CT molecular complexity index is 538. The van der Waals surface area contributed by atoms with E-state index in [4.69, 9.17) is 5.73 Å². The summed E-state index contributed by atoms with van der Waals surface area (Å²) in [5, 5.41) is 6.02. The summed E-state index contributed by atoms with van der Waals surface area (Å²) in [4.78, 5) is 25.4. The molecule has 1 aromatic rings. The number of Topliss-reactive ketones (excluding diaryl/α,β-unsaturated/α-hetero) is 1. The molecule has 1 amide bonds. The number of carbonyl (C=O) groups is 2. The zero-order valence-electron chi connectivity index (χ0n) is 16.0. The van der Waals surface area contributed by atoms with Gasteiger partial charge < -0.3 is 16.4 Å². The molecule has 0 fully saturated rings. The number of likely N-dealkylation sites (N-methyl/N-ethyl adjacent to an activating group) is 1. The molecule has 0 saturated carbocycles. The van der Waals surface area contributed by atoms with Crippen LogP contribution in [-0.4, -0.2) is 37.4 Å². The van der Waals surface area contributed by atoms with Crippen LogP contribution in [0.3, 0.4) is 0 Å². The lowest BCUT2D eigenvalue weighted by Crippen LogP contribution is -2.52. The molecule has 140 valence electrons. The summed E-state index contributed by atoms with van der Waals surface area (Å²) in [6.45, 7) is 6.25. The molecule has 25 heavy (non-hydrogen) atoms. The summed E-state index contributed by atoms with van der Waals surface area (Å²) < 4.78 is 0. The predicted molar refractivity (Wildman–Crippen MR) is 102 cm³/mol. The van der Waals surface area contributed by atoms with E-state index in [9.17, 15) is 9.59 Å². The minimum Gasteiger partial charge on any atom is -0.345 e. The first-order chi connectivity index (χ1) is 11.8. The van der Waals surface area contributed by atoms with Gasteiger partial charge in [0.25, 0.3) is 0 Å². The van der Waals surface area contributed by atoms with E-state index in [0.29, 0.717) is 19.4 Å². The van der Waals surface area contributed by atoms with Gasteiger partial charge in [0.15, 0.2) is 5.78 Å². The second kappa shape index (κ2) is 10.3. The number of hydrogen-bond acceptors (Lipinski definition) is 4. The third-order valence-corrected chi connectivity index (χ3v) is 4.27. The predicted octanol–water partition coefficient (Wildman–Crippen LogP) is 2.05. The smallest absolute Gasteiger partial charge is 0.238 e. The lowest BCUT2D eigenvalue weighted by atomic mass is 9.84. The van der Waals surface area contributed by atoms with E-state index in [-0.39, 0.29) is 17.7 Å². The van der Waals surface area contributed by atoms with Crippen molar-refractivity contribution in [3.05, 3.63) is 35.9 Å². The highest BCUT2D eigenvalue weighted by Gasteiger charge is 2.31. The Hall–Kier alpha value is -1.72. The topological polar surface area (TPSA) is 84.2 Å². The summed E-state index contributed by atoms with van der Waals surface area (Å²) in [6.07, 6.45) is 2.89. The van der Waals surface area contributed by atoms with Gasteiger partial charge in [-0.2, -0.15) is 0 Å². The van der Waals surface area contributed by atoms with Crippen molar-refractivity contribution in [2.45, 2.75) is 58.5 Å².